The quantitative estimate of drug-likeness (QED) is 0.568. The summed E-state index contributed by atoms with van der Waals surface area (Å²) in [5.74, 6) is -1.54. The van der Waals surface area contributed by atoms with Crippen molar-refractivity contribution in [2.24, 2.45) is 0 Å². The summed E-state index contributed by atoms with van der Waals surface area (Å²) in [6.07, 6.45) is 0. The molecule has 8 heteroatoms. The van der Waals surface area contributed by atoms with Gasteiger partial charge in [0.25, 0.3) is 11.7 Å². The first-order chi connectivity index (χ1) is 6.59. The van der Waals surface area contributed by atoms with Gasteiger partial charge in [-0.25, -0.2) is 4.79 Å². The highest BCUT2D eigenvalue weighted by molar-refractivity contribution is 5.92. The predicted molar refractivity (Wildman–Crippen MR) is 44.6 cm³/mol. The van der Waals surface area contributed by atoms with Crippen LogP contribution in [0.4, 0.5) is 5.95 Å². The summed E-state index contributed by atoms with van der Waals surface area (Å²) >= 11 is 0. The number of carbonyl (C=O) groups is 2. The lowest BCUT2D eigenvalue weighted by molar-refractivity contribution is -0.116. The summed E-state index contributed by atoms with van der Waals surface area (Å²) in [6, 6.07) is 0. The van der Waals surface area contributed by atoms with Gasteiger partial charge >= 0.3 is 5.97 Å². The van der Waals surface area contributed by atoms with Crippen LogP contribution in [0.25, 0.3) is 0 Å². The van der Waals surface area contributed by atoms with Crippen molar-refractivity contribution < 1.29 is 14.7 Å². The van der Waals surface area contributed by atoms with E-state index in [0.29, 0.717) is 5.95 Å². The fourth-order valence-electron chi connectivity index (χ4n) is 1.21. The number of nitrogens with one attached hydrogen (secondary N) is 1. The number of carbonyl (C=O) groups excluding carboxylic acids is 1. The maximum atomic E-state index is 11.1. The van der Waals surface area contributed by atoms with Gasteiger partial charge in [0, 0.05) is 7.05 Å². The predicted octanol–water partition coefficient (Wildman–Crippen LogP) is -1.50. The number of fused-ring (bicyclic) bond motifs is 1. The van der Waals surface area contributed by atoms with Gasteiger partial charge in [-0.05, 0) is 0 Å². The van der Waals surface area contributed by atoms with Crippen molar-refractivity contribution in [3.63, 3.8) is 0 Å². The largest absolute Gasteiger partial charge is 0.475 e. The number of nitrogens with zero attached hydrogens (tertiary/aromatic N) is 4. The molecule has 0 saturated carbocycles. The Morgan fingerprint density at radius 1 is 1.57 bits per heavy atom. The number of amides is 1. The van der Waals surface area contributed by atoms with Crippen LogP contribution in [0.2, 0.25) is 0 Å². The molecule has 2 heterocycles. The van der Waals surface area contributed by atoms with Crippen LogP contribution in [-0.4, -0.2) is 45.4 Å². The van der Waals surface area contributed by atoms with Crippen LogP contribution < -0.4 is 10.3 Å². The van der Waals surface area contributed by atoms with E-state index in [0.717, 1.165) is 4.68 Å². The van der Waals surface area contributed by atoms with Crippen molar-refractivity contribution >= 4 is 17.8 Å². The average Bonchev–Trinajstić information content (AvgIpc) is 2.47. The van der Waals surface area contributed by atoms with E-state index in [1.807, 2.05) is 0 Å². The maximum Gasteiger partial charge on any atom is 0.375 e. The van der Waals surface area contributed by atoms with Crippen LogP contribution in [0.1, 0.15) is 10.6 Å². The molecular formula is C6H7N5O3. The number of aromatic carboxylic acids is 1. The molecule has 0 spiro atoms. The zero-order chi connectivity index (χ0) is 10.3. The summed E-state index contributed by atoms with van der Waals surface area (Å²) in [6.45, 7) is 0.137. The molecule has 0 atom stereocenters. The Bertz CT molecular complexity index is 412. The standard InChI is InChI=1S/C6H7N5O3/c1-10-2-3(12)9-11-4(5(13)14)7-8-6(10)11/h2H2,1H3,(H,9,12)(H,13,14). The number of hydrogen-bond donors (Lipinski definition) is 2. The van der Waals surface area contributed by atoms with Gasteiger partial charge in [-0.3, -0.25) is 10.2 Å². The van der Waals surface area contributed by atoms with Crippen molar-refractivity contribution in [3.8, 4) is 0 Å². The molecule has 1 aromatic rings. The Labute approximate surface area is 78.1 Å². The fraction of sp³-hybridized carbons (Fsp3) is 0.333. The number of rotatable bonds is 1. The van der Waals surface area contributed by atoms with E-state index in [4.69, 9.17) is 5.11 Å². The Morgan fingerprint density at radius 2 is 2.29 bits per heavy atom. The number of carboxylic acids is 1. The van der Waals surface area contributed by atoms with E-state index in [2.05, 4.69) is 15.6 Å². The first kappa shape index (κ1) is 8.48. The van der Waals surface area contributed by atoms with Gasteiger partial charge in [-0.2, -0.15) is 4.68 Å². The summed E-state index contributed by atoms with van der Waals surface area (Å²) in [5.41, 5.74) is 2.35. The summed E-state index contributed by atoms with van der Waals surface area (Å²) < 4.78 is 1.05. The molecule has 1 aliphatic rings. The highest BCUT2D eigenvalue weighted by Crippen LogP contribution is 2.13. The van der Waals surface area contributed by atoms with Crippen molar-refractivity contribution in [1.82, 2.24) is 14.9 Å². The van der Waals surface area contributed by atoms with Gasteiger partial charge in [0.1, 0.15) is 6.54 Å². The van der Waals surface area contributed by atoms with Crippen LogP contribution >= 0.6 is 0 Å². The molecule has 14 heavy (non-hydrogen) atoms. The second-order valence-corrected chi connectivity index (χ2v) is 2.86. The van der Waals surface area contributed by atoms with Crippen molar-refractivity contribution in [3.05, 3.63) is 5.82 Å². The van der Waals surface area contributed by atoms with Gasteiger partial charge in [0.15, 0.2) is 0 Å². The number of aromatic nitrogens is 3. The second-order valence-electron chi connectivity index (χ2n) is 2.86. The molecule has 0 unspecified atom stereocenters. The van der Waals surface area contributed by atoms with Gasteiger partial charge in [-0.1, -0.05) is 0 Å². The summed E-state index contributed by atoms with van der Waals surface area (Å²) in [7, 11) is 1.63. The zero-order valence-electron chi connectivity index (χ0n) is 7.26. The highest BCUT2D eigenvalue weighted by atomic mass is 16.4. The van der Waals surface area contributed by atoms with Crippen molar-refractivity contribution in [1.29, 1.82) is 0 Å². The molecule has 2 rings (SSSR count). The Kier molecular flexibility index (Phi) is 1.63. The monoisotopic (exact) mass is 197 g/mol. The molecule has 0 fully saturated rings. The molecule has 0 aromatic carbocycles. The van der Waals surface area contributed by atoms with Crippen molar-refractivity contribution in [2.45, 2.75) is 0 Å². The maximum absolute atomic E-state index is 11.1. The van der Waals surface area contributed by atoms with Crippen LogP contribution in [0.15, 0.2) is 0 Å². The lowest BCUT2D eigenvalue weighted by atomic mass is 10.5. The number of hydrogen-bond acceptors (Lipinski definition) is 5. The van der Waals surface area contributed by atoms with Gasteiger partial charge in [-0.15, -0.1) is 10.2 Å². The summed E-state index contributed by atoms with van der Waals surface area (Å²) in [5, 5.41) is 15.8. The smallest absolute Gasteiger partial charge is 0.375 e. The average molecular weight is 197 g/mol. The Morgan fingerprint density at radius 3 is 2.93 bits per heavy atom. The minimum Gasteiger partial charge on any atom is -0.475 e. The first-order valence-electron chi connectivity index (χ1n) is 3.79. The number of anilines is 1. The lowest BCUT2D eigenvalue weighted by Crippen LogP contribution is -2.42. The first-order valence-corrected chi connectivity index (χ1v) is 3.79. The molecule has 1 aliphatic heterocycles. The fourth-order valence-corrected chi connectivity index (χ4v) is 1.21. The van der Waals surface area contributed by atoms with Crippen LogP contribution in [-0.2, 0) is 4.79 Å². The molecule has 2 N–H and O–H groups in total. The van der Waals surface area contributed by atoms with E-state index < -0.39 is 5.97 Å². The number of carboxylic acid groups (broad SMARTS) is 1. The number of likely N-dealkylation sites (N-methyl/N-ethyl adjacent to an activating group) is 1. The van der Waals surface area contributed by atoms with E-state index in [-0.39, 0.29) is 18.3 Å². The Balaban J connectivity index is 2.51. The minimum absolute atomic E-state index is 0.137. The molecule has 1 aromatic heterocycles. The molecule has 8 nitrogen and oxygen atoms in total. The van der Waals surface area contributed by atoms with E-state index in [1.165, 1.54) is 4.90 Å². The van der Waals surface area contributed by atoms with E-state index in [1.54, 1.807) is 7.05 Å². The zero-order valence-corrected chi connectivity index (χ0v) is 7.26. The van der Waals surface area contributed by atoms with E-state index in [9.17, 15) is 9.59 Å². The minimum atomic E-state index is -1.24. The third kappa shape index (κ3) is 1.08. The van der Waals surface area contributed by atoms with E-state index >= 15 is 0 Å². The molecule has 1 amide bonds. The summed E-state index contributed by atoms with van der Waals surface area (Å²) in [4.78, 5) is 23.3. The highest BCUT2D eigenvalue weighted by Gasteiger charge is 2.26. The molecule has 0 aliphatic carbocycles. The third-order valence-electron chi connectivity index (χ3n) is 1.80. The molecule has 74 valence electrons. The van der Waals surface area contributed by atoms with Crippen molar-refractivity contribution in [2.75, 3.05) is 23.9 Å². The van der Waals surface area contributed by atoms with Gasteiger partial charge < -0.3 is 10.0 Å². The van der Waals surface area contributed by atoms with Crippen LogP contribution in [0.5, 0.6) is 0 Å². The molecule has 0 bridgehead atoms. The van der Waals surface area contributed by atoms with Gasteiger partial charge in [0.05, 0.1) is 0 Å². The topological polar surface area (TPSA) is 100 Å². The third-order valence-corrected chi connectivity index (χ3v) is 1.80. The lowest BCUT2D eigenvalue weighted by Gasteiger charge is -2.23. The SMILES string of the molecule is CN1CC(=O)Nn2c(C(=O)O)nnc21. The van der Waals surface area contributed by atoms with Gasteiger partial charge in [0.2, 0.25) is 5.95 Å². The normalized spacial score (nSPS) is 14.9. The molecule has 0 saturated heterocycles. The molecule has 0 radical (unpaired) electrons. The second kappa shape index (κ2) is 2.69. The van der Waals surface area contributed by atoms with Crippen LogP contribution in [0.3, 0.4) is 0 Å². The molecular weight excluding hydrogens is 190 g/mol. The van der Waals surface area contributed by atoms with Crippen LogP contribution in [0, 0.1) is 0 Å². The Hall–Kier alpha value is -2.12.